The van der Waals surface area contributed by atoms with Gasteiger partial charge in [-0.1, -0.05) is 23.7 Å². The Balaban J connectivity index is 1.71. The third-order valence-electron chi connectivity index (χ3n) is 5.58. The van der Waals surface area contributed by atoms with Crippen molar-refractivity contribution < 1.29 is 4.92 Å². The van der Waals surface area contributed by atoms with Gasteiger partial charge in [-0.3, -0.25) is 15.8 Å². The summed E-state index contributed by atoms with van der Waals surface area (Å²) in [5, 5.41) is 18.1. The Labute approximate surface area is 169 Å². The van der Waals surface area contributed by atoms with Crippen molar-refractivity contribution in [2.75, 3.05) is 6.54 Å². The van der Waals surface area contributed by atoms with E-state index in [1.165, 1.54) is 6.20 Å². The van der Waals surface area contributed by atoms with Gasteiger partial charge in [-0.05, 0) is 68.2 Å². The first-order valence-electron chi connectivity index (χ1n) is 9.57. The van der Waals surface area contributed by atoms with E-state index in [9.17, 15) is 10.1 Å². The molecule has 0 radical (unpaired) electrons. The van der Waals surface area contributed by atoms with Gasteiger partial charge in [0.25, 0.3) is 0 Å². The molecule has 1 unspecified atom stereocenters. The quantitative estimate of drug-likeness (QED) is 0.423. The van der Waals surface area contributed by atoms with Crippen LogP contribution in [0.1, 0.15) is 37.7 Å². The van der Waals surface area contributed by atoms with Gasteiger partial charge in [-0.25, -0.2) is 4.99 Å². The highest BCUT2D eigenvalue weighted by Crippen LogP contribution is 2.34. The standard InChI is InChI=1S/C19H27ClN6O2/c20-16-7-5-15(6-8-16)11-23-18-24-12-17(26(27)28)19(22,25-18)9-13-1-3-14(10-21)4-2-13/h5-8,12-14H,1-4,9-11,21-22H2,(H2,23,24,25). The zero-order chi connectivity index (χ0) is 20.1. The average molecular weight is 407 g/mol. The second kappa shape index (κ2) is 8.89. The molecule has 9 heteroatoms. The van der Waals surface area contributed by atoms with Gasteiger partial charge in [0.05, 0.1) is 17.7 Å². The smallest absolute Gasteiger partial charge is 0.301 e. The van der Waals surface area contributed by atoms with Gasteiger partial charge >= 0.3 is 5.70 Å². The minimum absolute atomic E-state index is 0.0705. The zero-order valence-corrected chi connectivity index (χ0v) is 16.5. The molecular formula is C19H27ClN6O2. The number of nitrogens with one attached hydrogen (secondary N) is 2. The Morgan fingerprint density at radius 2 is 1.86 bits per heavy atom. The summed E-state index contributed by atoms with van der Waals surface area (Å²) in [6.07, 6.45) is 5.90. The first kappa shape index (κ1) is 20.6. The van der Waals surface area contributed by atoms with Crippen LogP contribution in [0.5, 0.6) is 0 Å². The molecule has 3 rings (SSSR count). The number of rotatable bonds is 6. The van der Waals surface area contributed by atoms with Crippen molar-refractivity contribution in [1.29, 1.82) is 0 Å². The van der Waals surface area contributed by atoms with Crippen molar-refractivity contribution in [2.45, 2.75) is 44.3 Å². The fourth-order valence-electron chi connectivity index (χ4n) is 3.92. The molecule has 28 heavy (non-hydrogen) atoms. The van der Waals surface area contributed by atoms with Crippen LogP contribution < -0.4 is 22.1 Å². The minimum atomic E-state index is -1.26. The van der Waals surface area contributed by atoms with E-state index < -0.39 is 10.6 Å². The lowest BCUT2D eigenvalue weighted by molar-refractivity contribution is -0.437. The van der Waals surface area contributed by atoms with Gasteiger partial charge in [0.1, 0.15) is 0 Å². The summed E-state index contributed by atoms with van der Waals surface area (Å²) < 4.78 is 0. The lowest BCUT2D eigenvalue weighted by atomic mass is 9.77. The predicted molar refractivity (Wildman–Crippen MR) is 110 cm³/mol. The monoisotopic (exact) mass is 406 g/mol. The van der Waals surface area contributed by atoms with Crippen molar-refractivity contribution in [3.8, 4) is 0 Å². The largest absolute Gasteiger partial charge is 0.330 e. The van der Waals surface area contributed by atoms with E-state index >= 15 is 0 Å². The van der Waals surface area contributed by atoms with E-state index in [0.717, 1.165) is 31.2 Å². The molecule has 8 nitrogen and oxygen atoms in total. The first-order valence-corrected chi connectivity index (χ1v) is 9.95. The Bertz CT molecular complexity index is 758. The molecule has 1 atom stereocenters. The first-order chi connectivity index (χ1) is 13.4. The number of nitrogens with two attached hydrogens (primary N) is 2. The number of nitro groups is 1. The predicted octanol–water partition coefficient (Wildman–Crippen LogP) is 2.32. The normalized spacial score (nSPS) is 29.0. The van der Waals surface area contributed by atoms with Crippen LogP contribution in [0.2, 0.25) is 5.02 Å². The summed E-state index contributed by atoms with van der Waals surface area (Å²) in [4.78, 5) is 15.6. The van der Waals surface area contributed by atoms with E-state index in [1.54, 1.807) is 12.1 Å². The Kier molecular flexibility index (Phi) is 6.53. The molecule has 1 aromatic carbocycles. The van der Waals surface area contributed by atoms with Crippen LogP contribution in [-0.2, 0) is 6.54 Å². The molecule has 0 bridgehead atoms. The molecule has 1 aliphatic carbocycles. The maximum absolute atomic E-state index is 11.5. The summed E-state index contributed by atoms with van der Waals surface area (Å²) in [6.45, 7) is 1.11. The molecule has 1 fully saturated rings. The van der Waals surface area contributed by atoms with Crippen molar-refractivity contribution in [1.82, 2.24) is 10.6 Å². The maximum Gasteiger partial charge on any atom is 0.301 e. The molecule has 152 valence electrons. The lowest BCUT2D eigenvalue weighted by Gasteiger charge is -2.37. The van der Waals surface area contributed by atoms with E-state index in [-0.39, 0.29) is 5.70 Å². The van der Waals surface area contributed by atoms with Crippen LogP contribution in [-0.4, -0.2) is 23.1 Å². The SMILES string of the molecule is NCC1CCC(CC2(N)NC(=NCc3ccc(Cl)cc3)NC=C2[N+](=O)[O-])CC1. The lowest BCUT2D eigenvalue weighted by Crippen LogP contribution is -2.64. The van der Waals surface area contributed by atoms with Crippen LogP contribution in [0.25, 0.3) is 0 Å². The second-order valence-electron chi connectivity index (χ2n) is 7.65. The van der Waals surface area contributed by atoms with Gasteiger partial charge in [0.15, 0.2) is 11.6 Å². The molecule has 0 aromatic heterocycles. The highest BCUT2D eigenvalue weighted by atomic mass is 35.5. The third kappa shape index (κ3) is 5.01. The van der Waals surface area contributed by atoms with Gasteiger partial charge in [-0.15, -0.1) is 0 Å². The number of halogens is 1. The number of hydrogen-bond acceptors (Lipinski definition) is 5. The highest BCUT2D eigenvalue weighted by molar-refractivity contribution is 6.30. The summed E-state index contributed by atoms with van der Waals surface area (Å²) in [6, 6.07) is 7.38. The van der Waals surface area contributed by atoms with Crippen LogP contribution >= 0.6 is 11.6 Å². The molecule has 1 aliphatic heterocycles. The summed E-state index contributed by atoms with van der Waals surface area (Å²) >= 11 is 5.90. The van der Waals surface area contributed by atoms with Gasteiger partial charge < -0.3 is 16.4 Å². The molecule has 1 saturated carbocycles. The summed E-state index contributed by atoms with van der Waals surface area (Å²) in [7, 11) is 0. The van der Waals surface area contributed by atoms with Crippen LogP contribution in [0, 0.1) is 22.0 Å². The van der Waals surface area contributed by atoms with Crippen molar-refractivity contribution in [3.05, 3.63) is 56.9 Å². The topological polar surface area (TPSA) is 132 Å². The van der Waals surface area contributed by atoms with Crippen LogP contribution in [0.15, 0.2) is 41.2 Å². The summed E-state index contributed by atoms with van der Waals surface area (Å²) in [5.41, 5.74) is 11.9. The number of guanidine groups is 1. The minimum Gasteiger partial charge on any atom is -0.330 e. The Hall–Kier alpha value is -2.16. The van der Waals surface area contributed by atoms with E-state index in [4.69, 9.17) is 23.1 Å². The second-order valence-corrected chi connectivity index (χ2v) is 8.08. The zero-order valence-electron chi connectivity index (χ0n) is 15.7. The number of nitrogens with zero attached hydrogens (tertiary/aromatic N) is 2. The van der Waals surface area contributed by atoms with Crippen molar-refractivity contribution in [2.24, 2.45) is 28.3 Å². The summed E-state index contributed by atoms with van der Waals surface area (Å²) in [5.74, 6) is 1.30. The molecule has 1 aromatic rings. The fraction of sp³-hybridized carbons (Fsp3) is 0.526. The highest BCUT2D eigenvalue weighted by Gasteiger charge is 2.44. The van der Waals surface area contributed by atoms with Gasteiger partial charge in [0.2, 0.25) is 0 Å². The maximum atomic E-state index is 11.5. The fourth-order valence-corrected chi connectivity index (χ4v) is 4.05. The third-order valence-corrected chi connectivity index (χ3v) is 5.84. The van der Waals surface area contributed by atoms with Gasteiger partial charge in [-0.2, -0.15) is 0 Å². The molecule has 0 amide bonds. The molecule has 6 N–H and O–H groups in total. The number of aliphatic imine (C=N–C) groups is 1. The Morgan fingerprint density at radius 3 is 2.46 bits per heavy atom. The van der Waals surface area contributed by atoms with E-state index in [0.29, 0.717) is 42.3 Å². The average Bonchev–Trinajstić information content (AvgIpc) is 2.67. The molecule has 1 heterocycles. The molecule has 0 spiro atoms. The molecular weight excluding hydrogens is 380 g/mol. The van der Waals surface area contributed by atoms with Crippen molar-refractivity contribution in [3.63, 3.8) is 0 Å². The molecule has 2 aliphatic rings. The molecule has 0 saturated heterocycles. The van der Waals surface area contributed by atoms with Crippen LogP contribution in [0.3, 0.4) is 0 Å². The number of benzene rings is 1. The van der Waals surface area contributed by atoms with E-state index in [2.05, 4.69) is 15.6 Å². The number of hydrogen-bond donors (Lipinski definition) is 4. The van der Waals surface area contributed by atoms with Crippen molar-refractivity contribution >= 4 is 17.6 Å². The van der Waals surface area contributed by atoms with Crippen LogP contribution in [0.4, 0.5) is 0 Å². The van der Waals surface area contributed by atoms with Gasteiger partial charge in [0, 0.05) is 5.02 Å². The van der Waals surface area contributed by atoms with E-state index in [1.807, 2.05) is 12.1 Å². The Morgan fingerprint density at radius 1 is 1.21 bits per heavy atom.